The number of anilines is 1. The molecule has 1 amide bonds. The molecule has 3 aromatic carbocycles. The van der Waals surface area contributed by atoms with Crippen molar-refractivity contribution in [1.29, 1.82) is 0 Å². The fourth-order valence-electron chi connectivity index (χ4n) is 3.88. The van der Waals surface area contributed by atoms with Crippen molar-refractivity contribution in [3.05, 3.63) is 89.1 Å². The molecule has 0 bridgehead atoms. The van der Waals surface area contributed by atoms with E-state index in [1.807, 2.05) is 52.8 Å². The van der Waals surface area contributed by atoms with Crippen LogP contribution in [-0.2, 0) is 22.7 Å². The van der Waals surface area contributed by atoms with Crippen LogP contribution in [0.3, 0.4) is 0 Å². The van der Waals surface area contributed by atoms with E-state index in [4.69, 9.17) is 5.10 Å². The molecule has 0 unspecified atom stereocenters. The molecule has 1 aromatic heterocycles. The van der Waals surface area contributed by atoms with Gasteiger partial charge in [-0.25, -0.2) is 4.68 Å². The van der Waals surface area contributed by atoms with E-state index in [0.29, 0.717) is 6.42 Å². The summed E-state index contributed by atoms with van der Waals surface area (Å²) in [6.07, 6.45) is 0.336. The zero-order valence-electron chi connectivity index (χ0n) is 16.2. The number of benzene rings is 3. The number of rotatable bonds is 4. The Morgan fingerprint density at radius 2 is 1.90 bits per heavy atom. The zero-order valence-corrected chi connectivity index (χ0v) is 17.0. The highest BCUT2D eigenvalue weighted by Gasteiger charge is 2.24. The van der Waals surface area contributed by atoms with Gasteiger partial charge in [-0.1, -0.05) is 54.6 Å². The molecule has 0 radical (unpaired) electrons. The molecule has 29 heavy (non-hydrogen) atoms. The summed E-state index contributed by atoms with van der Waals surface area (Å²) < 4.78 is 1.89. The molecule has 0 aliphatic carbocycles. The molecule has 144 valence electrons. The van der Waals surface area contributed by atoms with Crippen molar-refractivity contribution in [3.8, 4) is 5.69 Å². The third-order valence-electron chi connectivity index (χ3n) is 5.29. The Bertz CT molecular complexity index is 1220. The molecule has 5 heteroatoms. The van der Waals surface area contributed by atoms with E-state index in [2.05, 4.69) is 42.6 Å². The summed E-state index contributed by atoms with van der Waals surface area (Å²) in [6, 6.07) is 22.5. The van der Waals surface area contributed by atoms with Crippen LogP contribution in [0.1, 0.15) is 22.4 Å². The maximum absolute atomic E-state index is 13.0. The first-order valence-corrected chi connectivity index (χ1v) is 10.9. The summed E-state index contributed by atoms with van der Waals surface area (Å²) in [7, 11) is 0. The number of carbonyl (C=O) groups is 1. The van der Waals surface area contributed by atoms with Crippen LogP contribution in [0.25, 0.3) is 16.5 Å². The lowest BCUT2D eigenvalue weighted by atomic mass is 10.0. The number of fused-ring (bicyclic) bond motifs is 2. The van der Waals surface area contributed by atoms with Gasteiger partial charge in [0.1, 0.15) is 5.82 Å². The van der Waals surface area contributed by atoms with E-state index in [1.54, 1.807) is 0 Å². The minimum Gasteiger partial charge on any atom is -0.310 e. The summed E-state index contributed by atoms with van der Waals surface area (Å²) in [5.41, 5.74) is 5.39. The number of amides is 1. The van der Waals surface area contributed by atoms with Gasteiger partial charge in [0.25, 0.3) is 0 Å². The average Bonchev–Trinajstić information content (AvgIpc) is 3.31. The van der Waals surface area contributed by atoms with Crippen LogP contribution < -0.4 is 5.32 Å². The molecular formula is C24H21N3OS. The molecule has 0 atom stereocenters. The van der Waals surface area contributed by atoms with E-state index >= 15 is 0 Å². The van der Waals surface area contributed by atoms with E-state index in [0.717, 1.165) is 50.6 Å². The first-order valence-electron chi connectivity index (χ1n) is 9.71. The fourth-order valence-corrected chi connectivity index (χ4v) is 4.92. The quantitative estimate of drug-likeness (QED) is 0.509. The molecule has 1 aliphatic rings. The summed E-state index contributed by atoms with van der Waals surface area (Å²) in [4.78, 5) is 13.0. The van der Waals surface area contributed by atoms with Gasteiger partial charge >= 0.3 is 0 Å². The second kappa shape index (κ2) is 7.41. The van der Waals surface area contributed by atoms with Crippen molar-refractivity contribution in [1.82, 2.24) is 9.78 Å². The second-order valence-electron chi connectivity index (χ2n) is 7.38. The van der Waals surface area contributed by atoms with E-state index in [1.165, 1.54) is 5.56 Å². The Morgan fingerprint density at radius 1 is 1.07 bits per heavy atom. The van der Waals surface area contributed by atoms with Crippen LogP contribution in [0, 0.1) is 6.92 Å². The molecule has 0 saturated heterocycles. The Morgan fingerprint density at radius 3 is 2.79 bits per heavy atom. The Kier molecular flexibility index (Phi) is 4.60. The standard InChI is InChI=1S/C24H21N3OS/c1-16-6-4-10-19(12-16)27-24(21-14-29-15-22(21)26-27)25-23(28)13-18-9-5-8-17-7-2-3-11-20(17)18/h2-12H,13-15H2,1H3,(H,25,28). The van der Waals surface area contributed by atoms with Gasteiger partial charge in [0, 0.05) is 17.1 Å². The summed E-state index contributed by atoms with van der Waals surface area (Å²) in [6.45, 7) is 2.06. The monoisotopic (exact) mass is 399 g/mol. The van der Waals surface area contributed by atoms with Crippen molar-refractivity contribution in [3.63, 3.8) is 0 Å². The number of hydrogen-bond acceptors (Lipinski definition) is 3. The van der Waals surface area contributed by atoms with Crippen LogP contribution in [0.4, 0.5) is 5.82 Å². The first kappa shape index (κ1) is 18.0. The van der Waals surface area contributed by atoms with Crippen LogP contribution in [0.2, 0.25) is 0 Å². The number of aromatic nitrogens is 2. The van der Waals surface area contributed by atoms with Crippen molar-refractivity contribution < 1.29 is 4.79 Å². The van der Waals surface area contributed by atoms with Crippen LogP contribution in [0.15, 0.2) is 66.7 Å². The Labute approximate surface area is 173 Å². The minimum atomic E-state index is -0.0187. The molecule has 5 rings (SSSR count). The highest BCUT2D eigenvalue weighted by molar-refractivity contribution is 7.98. The van der Waals surface area contributed by atoms with Crippen LogP contribution in [0.5, 0.6) is 0 Å². The molecule has 0 saturated carbocycles. The second-order valence-corrected chi connectivity index (χ2v) is 8.37. The predicted octanol–water partition coefficient (Wildman–Crippen LogP) is 5.26. The molecular weight excluding hydrogens is 378 g/mol. The lowest BCUT2D eigenvalue weighted by Crippen LogP contribution is -2.18. The largest absolute Gasteiger partial charge is 0.310 e. The number of nitrogens with zero attached hydrogens (tertiary/aromatic N) is 2. The smallest absolute Gasteiger partial charge is 0.229 e. The van der Waals surface area contributed by atoms with Crippen molar-refractivity contribution >= 4 is 34.3 Å². The van der Waals surface area contributed by atoms with Crippen LogP contribution >= 0.6 is 11.8 Å². The Hall–Kier alpha value is -3.05. The van der Waals surface area contributed by atoms with Gasteiger partial charge in [-0.2, -0.15) is 16.9 Å². The SMILES string of the molecule is Cc1cccc(-n2nc3c(c2NC(=O)Cc2cccc4ccccc24)CSC3)c1. The average molecular weight is 400 g/mol. The number of aryl methyl sites for hydroxylation is 1. The highest BCUT2D eigenvalue weighted by atomic mass is 32.2. The Balaban J connectivity index is 1.48. The highest BCUT2D eigenvalue weighted by Crippen LogP contribution is 2.36. The van der Waals surface area contributed by atoms with Gasteiger partial charge in [0.05, 0.1) is 17.8 Å². The molecule has 0 spiro atoms. The van der Waals surface area contributed by atoms with Crippen molar-refractivity contribution in [2.45, 2.75) is 24.9 Å². The fraction of sp³-hybridized carbons (Fsp3) is 0.167. The van der Waals surface area contributed by atoms with E-state index in [9.17, 15) is 4.79 Å². The zero-order chi connectivity index (χ0) is 19.8. The summed E-state index contributed by atoms with van der Waals surface area (Å²) >= 11 is 1.84. The maximum Gasteiger partial charge on any atom is 0.229 e. The van der Waals surface area contributed by atoms with Crippen molar-refractivity contribution in [2.24, 2.45) is 0 Å². The van der Waals surface area contributed by atoms with Gasteiger partial charge in [-0.3, -0.25) is 4.79 Å². The number of thioether (sulfide) groups is 1. The van der Waals surface area contributed by atoms with Crippen LogP contribution in [-0.4, -0.2) is 15.7 Å². The molecule has 1 aliphatic heterocycles. The molecule has 0 fully saturated rings. The van der Waals surface area contributed by atoms with E-state index < -0.39 is 0 Å². The van der Waals surface area contributed by atoms with Gasteiger partial charge in [-0.05, 0) is 41.0 Å². The van der Waals surface area contributed by atoms with Gasteiger partial charge < -0.3 is 5.32 Å². The van der Waals surface area contributed by atoms with Gasteiger partial charge in [0.15, 0.2) is 0 Å². The summed E-state index contributed by atoms with van der Waals surface area (Å²) in [5, 5.41) is 10.2. The number of carbonyl (C=O) groups excluding carboxylic acids is 1. The predicted molar refractivity (Wildman–Crippen MR) is 120 cm³/mol. The minimum absolute atomic E-state index is 0.0187. The third-order valence-corrected chi connectivity index (χ3v) is 6.26. The molecule has 1 N–H and O–H groups in total. The normalized spacial score (nSPS) is 12.9. The first-order chi connectivity index (χ1) is 14.2. The molecule has 4 nitrogen and oxygen atoms in total. The topological polar surface area (TPSA) is 46.9 Å². The third kappa shape index (κ3) is 3.42. The van der Waals surface area contributed by atoms with Gasteiger partial charge in [-0.15, -0.1) is 0 Å². The number of hydrogen-bond donors (Lipinski definition) is 1. The summed E-state index contributed by atoms with van der Waals surface area (Å²) in [5.74, 6) is 2.56. The lowest BCUT2D eigenvalue weighted by Gasteiger charge is -2.12. The molecule has 4 aromatic rings. The van der Waals surface area contributed by atoms with E-state index in [-0.39, 0.29) is 5.91 Å². The number of nitrogens with one attached hydrogen (secondary N) is 1. The lowest BCUT2D eigenvalue weighted by molar-refractivity contribution is -0.115. The van der Waals surface area contributed by atoms with Crippen molar-refractivity contribution in [2.75, 3.05) is 5.32 Å². The molecule has 2 heterocycles. The van der Waals surface area contributed by atoms with Gasteiger partial charge in [0.2, 0.25) is 5.91 Å². The maximum atomic E-state index is 13.0.